The average Bonchev–Trinajstić information content (AvgIpc) is 2.88. The van der Waals surface area contributed by atoms with E-state index in [1.54, 1.807) is 13.0 Å². The summed E-state index contributed by atoms with van der Waals surface area (Å²) in [4.78, 5) is 40.3. The Morgan fingerprint density at radius 3 is 2.62 bits per heavy atom. The molecule has 0 atom stereocenters. The number of fused-ring (bicyclic) bond motifs is 2. The lowest BCUT2D eigenvalue weighted by molar-refractivity contribution is 0.0878. The number of pyridine rings is 1. The van der Waals surface area contributed by atoms with Crippen molar-refractivity contribution in [2.24, 2.45) is 0 Å². The fourth-order valence-corrected chi connectivity index (χ4v) is 2.96. The number of hydrogen-bond acceptors (Lipinski definition) is 4. The summed E-state index contributed by atoms with van der Waals surface area (Å²) in [5, 5.41) is 5.26. The Hall–Kier alpha value is -3.61. The zero-order valence-corrected chi connectivity index (χ0v) is 13.6. The highest BCUT2D eigenvalue weighted by molar-refractivity contribution is 6.22. The minimum Gasteiger partial charge on any atom is -0.322 e. The van der Waals surface area contributed by atoms with Gasteiger partial charge in [-0.3, -0.25) is 24.7 Å². The Kier molecular flexibility index (Phi) is 3.50. The first kappa shape index (κ1) is 15.9. The lowest BCUT2D eigenvalue weighted by atomic mass is 10.1. The Labute approximate surface area is 147 Å². The van der Waals surface area contributed by atoms with Crippen molar-refractivity contribution in [2.75, 3.05) is 5.32 Å². The Bertz CT molecular complexity index is 1120. The second-order valence-electron chi connectivity index (χ2n) is 5.97. The summed E-state index contributed by atoms with van der Waals surface area (Å²) in [7, 11) is 0. The van der Waals surface area contributed by atoms with Gasteiger partial charge in [-0.2, -0.15) is 0 Å². The van der Waals surface area contributed by atoms with Crippen molar-refractivity contribution in [2.45, 2.75) is 6.92 Å². The van der Waals surface area contributed by atoms with Gasteiger partial charge >= 0.3 is 0 Å². The topological polar surface area (TPSA) is 88.2 Å². The maximum Gasteiger partial charge on any atom is 0.259 e. The first-order valence-electron chi connectivity index (χ1n) is 7.80. The van der Waals surface area contributed by atoms with Gasteiger partial charge in [-0.15, -0.1) is 0 Å². The van der Waals surface area contributed by atoms with Crippen LogP contribution >= 0.6 is 0 Å². The van der Waals surface area contributed by atoms with E-state index >= 15 is 0 Å². The highest BCUT2D eigenvalue weighted by atomic mass is 19.1. The van der Waals surface area contributed by atoms with Crippen LogP contribution < -0.4 is 10.6 Å². The number of hydrogen-bond donors (Lipinski definition) is 2. The number of nitrogens with one attached hydrogen (secondary N) is 2. The summed E-state index contributed by atoms with van der Waals surface area (Å²) in [6.45, 7) is 1.74. The zero-order valence-electron chi connectivity index (χ0n) is 13.6. The van der Waals surface area contributed by atoms with Crippen molar-refractivity contribution in [1.82, 2.24) is 10.3 Å². The van der Waals surface area contributed by atoms with E-state index in [0.717, 1.165) is 0 Å². The summed E-state index contributed by atoms with van der Waals surface area (Å²) >= 11 is 0. The molecule has 2 heterocycles. The van der Waals surface area contributed by atoms with Crippen LogP contribution in [0.1, 0.15) is 36.8 Å². The van der Waals surface area contributed by atoms with Crippen LogP contribution in [-0.4, -0.2) is 22.7 Å². The molecule has 3 aromatic rings. The van der Waals surface area contributed by atoms with Crippen LogP contribution in [0.4, 0.5) is 10.1 Å². The van der Waals surface area contributed by atoms with Gasteiger partial charge in [-0.1, -0.05) is 0 Å². The third-order valence-corrected chi connectivity index (χ3v) is 4.14. The van der Waals surface area contributed by atoms with Gasteiger partial charge in [0.05, 0.1) is 22.2 Å². The van der Waals surface area contributed by atoms with Gasteiger partial charge in [0.15, 0.2) is 0 Å². The standard InChI is InChI=1S/C19H12FN3O3/c1-9-6-14(13-7-10(20)2-5-16(13)21-9)18(25)22-11-3-4-12-15(8-11)19(26)23-17(12)24/h2-8H,1H3,(H,22,25)(H,23,24,26). The van der Waals surface area contributed by atoms with Gasteiger partial charge in [0.2, 0.25) is 0 Å². The maximum absolute atomic E-state index is 13.6. The molecule has 0 fully saturated rings. The number of aromatic nitrogens is 1. The van der Waals surface area contributed by atoms with E-state index in [0.29, 0.717) is 22.3 Å². The molecule has 0 saturated heterocycles. The van der Waals surface area contributed by atoms with E-state index < -0.39 is 23.5 Å². The average molecular weight is 349 g/mol. The normalized spacial score (nSPS) is 12.8. The summed E-state index contributed by atoms with van der Waals surface area (Å²) < 4.78 is 13.6. The van der Waals surface area contributed by atoms with Gasteiger partial charge in [0.25, 0.3) is 17.7 Å². The summed E-state index contributed by atoms with van der Waals surface area (Å²) in [5.74, 6) is -1.90. The number of aryl methyl sites for hydroxylation is 1. The molecule has 4 rings (SSSR count). The number of rotatable bonds is 2. The molecule has 0 aliphatic carbocycles. The Morgan fingerprint density at radius 2 is 1.81 bits per heavy atom. The van der Waals surface area contributed by atoms with Crippen LogP contribution in [0.5, 0.6) is 0 Å². The summed E-state index contributed by atoms with van der Waals surface area (Å²) in [5.41, 5.74) is 2.23. The van der Waals surface area contributed by atoms with E-state index in [4.69, 9.17) is 0 Å². The fourth-order valence-electron chi connectivity index (χ4n) is 2.96. The smallest absolute Gasteiger partial charge is 0.259 e. The molecule has 1 aliphatic rings. The molecule has 0 spiro atoms. The number of amides is 3. The van der Waals surface area contributed by atoms with Crippen molar-refractivity contribution < 1.29 is 18.8 Å². The Balaban J connectivity index is 1.73. The number of anilines is 1. The molecule has 26 heavy (non-hydrogen) atoms. The van der Waals surface area contributed by atoms with Crippen LogP contribution in [0.25, 0.3) is 10.9 Å². The number of benzene rings is 2. The number of carbonyl (C=O) groups excluding carboxylic acids is 3. The molecule has 3 amide bonds. The third-order valence-electron chi connectivity index (χ3n) is 4.14. The second-order valence-corrected chi connectivity index (χ2v) is 5.97. The molecule has 2 N–H and O–H groups in total. The lowest BCUT2D eigenvalue weighted by Gasteiger charge is -2.10. The Morgan fingerprint density at radius 1 is 1.04 bits per heavy atom. The molecule has 2 aromatic carbocycles. The first-order chi connectivity index (χ1) is 12.4. The number of halogens is 1. The van der Waals surface area contributed by atoms with Crippen LogP contribution in [0.3, 0.4) is 0 Å². The number of imide groups is 1. The molecule has 1 aromatic heterocycles. The first-order valence-corrected chi connectivity index (χ1v) is 7.80. The summed E-state index contributed by atoms with van der Waals surface area (Å²) in [6.07, 6.45) is 0. The molecule has 128 valence electrons. The van der Waals surface area contributed by atoms with E-state index in [1.165, 1.54) is 36.4 Å². The number of nitrogens with zero attached hydrogens (tertiary/aromatic N) is 1. The van der Waals surface area contributed by atoms with Gasteiger partial charge in [0.1, 0.15) is 5.82 Å². The second kappa shape index (κ2) is 5.73. The van der Waals surface area contributed by atoms with E-state index in [-0.39, 0.29) is 16.7 Å². The molecule has 1 aliphatic heterocycles. The van der Waals surface area contributed by atoms with Crippen molar-refractivity contribution in [3.8, 4) is 0 Å². The van der Waals surface area contributed by atoms with Gasteiger partial charge in [0, 0.05) is 16.8 Å². The maximum atomic E-state index is 13.6. The molecule has 0 radical (unpaired) electrons. The van der Waals surface area contributed by atoms with E-state index in [2.05, 4.69) is 15.6 Å². The van der Waals surface area contributed by atoms with Crippen molar-refractivity contribution in [3.05, 3.63) is 70.7 Å². The van der Waals surface area contributed by atoms with Crippen LogP contribution in [0, 0.1) is 12.7 Å². The predicted octanol–water partition coefficient (Wildman–Crippen LogP) is 2.82. The van der Waals surface area contributed by atoms with Gasteiger partial charge < -0.3 is 5.32 Å². The van der Waals surface area contributed by atoms with Crippen LogP contribution in [-0.2, 0) is 0 Å². The van der Waals surface area contributed by atoms with Crippen molar-refractivity contribution in [1.29, 1.82) is 0 Å². The molecule has 6 nitrogen and oxygen atoms in total. The predicted molar refractivity (Wildman–Crippen MR) is 92.6 cm³/mol. The van der Waals surface area contributed by atoms with Crippen molar-refractivity contribution >= 4 is 34.3 Å². The molecule has 0 unspecified atom stereocenters. The summed E-state index contributed by atoms with van der Waals surface area (Å²) in [6, 6.07) is 10.1. The van der Waals surface area contributed by atoms with Crippen LogP contribution in [0.2, 0.25) is 0 Å². The highest BCUT2D eigenvalue weighted by Gasteiger charge is 2.27. The molecule has 0 saturated carbocycles. The lowest BCUT2D eigenvalue weighted by Crippen LogP contribution is -2.19. The van der Waals surface area contributed by atoms with E-state index in [1.807, 2.05) is 0 Å². The molecular formula is C19H12FN3O3. The monoisotopic (exact) mass is 349 g/mol. The fraction of sp³-hybridized carbons (Fsp3) is 0.0526. The molecule has 7 heteroatoms. The van der Waals surface area contributed by atoms with Gasteiger partial charge in [-0.25, -0.2) is 4.39 Å². The largest absolute Gasteiger partial charge is 0.322 e. The van der Waals surface area contributed by atoms with Crippen molar-refractivity contribution in [3.63, 3.8) is 0 Å². The minimum absolute atomic E-state index is 0.203. The van der Waals surface area contributed by atoms with Crippen LogP contribution in [0.15, 0.2) is 42.5 Å². The molecular weight excluding hydrogens is 337 g/mol. The minimum atomic E-state index is -0.506. The third kappa shape index (κ3) is 2.59. The van der Waals surface area contributed by atoms with Gasteiger partial charge in [-0.05, 0) is 49.4 Å². The highest BCUT2D eigenvalue weighted by Crippen LogP contribution is 2.23. The zero-order chi connectivity index (χ0) is 18.4. The quantitative estimate of drug-likeness (QED) is 0.697. The molecule has 0 bridgehead atoms. The SMILES string of the molecule is Cc1cc(C(=O)Nc2ccc3c(c2)C(=O)NC3=O)c2cc(F)ccc2n1. The number of carbonyl (C=O) groups is 3. The van der Waals surface area contributed by atoms with E-state index in [9.17, 15) is 18.8 Å².